The highest BCUT2D eigenvalue weighted by molar-refractivity contribution is 7.21. The molecule has 1 fully saturated rings. The van der Waals surface area contributed by atoms with E-state index in [-0.39, 0.29) is 19.0 Å². The van der Waals surface area contributed by atoms with E-state index >= 15 is 4.39 Å². The second kappa shape index (κ2) is 10.6. The van der Waals surface area contributed by atoms with Crippen LogP contribution in [0.25, 0.3) is 31.8 Å². The lowest BCUT2D eigenvalue weighted by atomic mass is 10.1. The fraction of sp³-hybridized carbons (Fsp3) is 0.259. The maximum atomic E-state index is 15.1. The first-order valence-corrected chi connectivity index (χ1v) is 13.1. The van der Waals surface area contributed by atoms with E-state index in [4.69, 9.17) is 18.9 Å². The minimum absolute atomic E-state index is 0.0118. The van der Waals surface area contributed by atoms with Gasteiger partial charge in [-0.25, -0.2) is 34.1 Å². The summed E-state index contributed by atoms with van der Waals surface area (Å²) in [5.74, 6) is 0.412. The number of carbonyl (C=O) groups excluding carboxylic acids is 1. The van der Waals surface area contributed by atoms with Crippen LogP contribution in [-0.2, 0) is 9.47 Å². The zero-order valence-corrected chi connectivity index (χ0v) is 22.5. The Hall–Kier alpha value is -4.49. The molecular weight excluding hydrogens is 539 g/mol. The Labute approximate surface area is 231 Å². The molecule has 5 aromatic rings. The molecule has 2 atom stereocenters. The van der Waals surface area contributed by atoms with E-state index in [1.165, 1.54) is 36.9 Å². The Morgan fingerprint density at radius 3 is 2.62 bits per heavy atom. The van der Waals surface area contributed by atoms with Crippen molar-refractivity contribution in [1.82, 2.24) is 24.9 Å². The number of carbonyl (C=O) groups is 1. The first kappa shape index (κ1) is 25.8. The molecule has 11 nitrogen and oxygen atoms in total. The fourth-order valence-corrected chi connectivity index (χ4v) is 5.28. The van der Waals surface area contributed by atoms with Gasteiger partial charge in [0.25, 0.3) is 0 Å². The van der Waals surface area contributed by atoms with E-state index in [1.54, 1.807) is 19.2 Å². The molecular formula is C27H23FN6O5S. The molecule has 6 rings (SSSR count). The average molecular weight is 563 g/mol. The van der Waals surface area contributed by atoms with Crippen LogP contribution in [0.2, 0.25) is 0 Å². The Bertz CT molecular complexity index is 1730. The molecule has 0 bridgehead atoms. The number of hydrogen-bond donors (Lipinski definition) is 1. The van der Waals surface area contributed by atoms with Crippen molar-refractivity contribution in [3.8, 4) is 22.2 Å². The lowest BCUT2D eigenvalue weighted by molar-refractivity contribution is 0.0498. The molecule has 1 aliphatic rings. The summed E-state index contributed by atoms with van der Waals surface area (Å²) in [6.45, 7) is 3.94. The van der Waals surface area contributed by atoms with Gasteiger partial charge in [-0.2, -0.15) is 0 Å². The van der Waals surface area contributed by atoms with E-state index in [0.29, 0.717) is 38.9 Å². The van der Waals surface area contributed by atoms with Gasteiger partial charge in [-0.1, -0.05) is 0 Å². The number of nitrogens with one attached hydrogen (secondary N) is 1. The molecule has 1 saturated heterocycles. The number of rotatable bonds is 6. The van der Waals surface area contributed by atoms with Gasteiger partial charge in [0.1, 0.15) is 10.8 Å². The molecule has 0 unspecified atom stereocenters. The number of benzene rings is 2. The van der Waals surface area contributed by atoms with Crippen molar-refractivity contribution in [2.75, 3.05) is 25.6 Å². The number of amides is 1. The van der Waals surface area contributed by atoms with Crippen LogP contribution in [0.4, 0.5) is 14.9 Å². The van der Waals surface area contributed by atoms with Crippen LogP contribution in [-0.4, -0.2) is 63.5 Å². The molecule has 13 heteroatoms. The van der Waals surface area contributed by atoms with Gasteiger partial charge >= 0.3 is 6.09 Å². The summed E-state index contributed by atoms with van der Waals surface area (Å²) in [7, 11) is 1.54. The first-order chi connectivity index (χ1) is 19.4. The number of aryl methyl sites for hydroxylation is 2. The van der Waals surface area contributed by atoms with E-state index in [2.05, 4.69) is 30.2 Å². The first-order valence-electron chi connectivity index (χ1n) is 12.3. The van der Waals surface area contributed by atoms with Crippen LogP contribution in [0.1, 0.15) is 11.4 Å². The lowest BCUT2D eigenvalue weighted by Gasteiger charge is -2.20. The zero-order chi connectivity index (χ0) is 27.8. The van der Waals surface area contributed by atoms with Crippen LogP contribution < -0.4 is 14.8 Å². The normalized spacial score (nSPS) is 16.8. The third-order valence-electron chi connectivity index (χ3n) is 6.19. The minimum Gasteiger partial charge on any atom is -0.481 e. The fourth-order valence-electron chi connectivity index (χ4n) is 4.28. The topological polar surface area (TPSA) is 130 Å². The summed E-state index contributed by atoms with van der Waals surface area (Å²) < 4.78 is 37.9. The van der Waals surface area contributed by atoms with Crippen molar-refractivity contribution in [3.63, 3.8) is 0 Å². The third kappa shape index (κ3) is 5.20. The van der Waals surface area contributed by atoms with Gasteiger partial charge in [-0.15, -0.1) is 11.3 Å². The van der Waals surface area contributed by atoms with E-state index in [0.717, 1.165) is 15.8 Å². The molecule has 40 heavy (non-hydrogen) atoms. The van der Waals surface area contributed by atoms with Crippen molar-refractivity contribution in [2.45, 2.75) is 26.1 Å². The van der Waals surface area contributed by atoms with Crippen LogP contribution in [0.15, 0.2) is 42.9 Å². The molecule has 4 heterocycles. The van der Waals surface area contributed by atoms with E-state index < -0.39 is 24.1 Å². The number of methoxy groups -OCH3 is 1. The molecule has 0 radical (unpaired) electrons. The summed E-state index contributed by atoms with van der Waals surface area (Å²) in [4.78, 5) is 34.1. The number of aromatic nitrogens is 5. The Morgan fingerprint density at radius 1 is 1.02 bits per heavy atom. The van der Waals surface area contributed by atoms with Crippen LogP contribution in [0.5, 0.6) is 11.6 Å². The van der Waals surface area contributed by atoms with Gasteiger partial charge in [-0.3, -0.25) is 5.32 Å². The van der Waals surface area contributed by atoms with Gasteiger partial charge in [-0.05, 0) is 31.5 Å². The number of ether oxygens (including phenoxy) is 4. The summed E-state index contributed by atoms with van der Waals surface area (Å²) in [6.07, 6.45) is 2.33. The highest BCUT2D eigenvalue weighted by Crippen LogP contribution is 2.37. The van der Waals surface area contributed by atoms with Crippen molar-refractivity contribution >= 4 is 44.4 Å². The highest BCUT2D eigenvalue weighted by atomic mass is 32.1. The van der Waals surface area contributed by atoms with Crippen molar-refractivity contribution in [3.05, 3.63) is 60.1 Å². The predicted octanol–water partition coefficient (Wildman–Crippen LogP) is 4.86. The maximum Gasteiger partial charge on any atom is 0.412 e. The van der Waals surface area contributed by atoms with Gasteiger partial charge in [0, 0.05) is 17.7 Å². The number of anilines is 1. The molecule has 1 aliphatic heterocycles. The number of thiazole rings is 1. The minimum atomic E-state index is -0.743. The zero-order valence-electron chi connectivity index (χ0n) is 21.7. The molecule has 3 aromatic heterocycles. The van der Waals surface area contributed by atoms with Crippen molar-refractivity contribution in [2.24, 2.45) is 0 Å². The van der Waals surface area contributed by atoms with Gasteiger partial charge in [0.05, 0.1) is 65.9 Å². The highest BCUT2D eigenvalue weighted by Gasteiger charge is 2.34. The monoisotopic (exact) mass is 562 g/mol. The van der Waals surface area contributed by atoms with Crippen LogP contribution >= 0.6 is 11.3 Å². The van der Waals surface area contributed by atoms with E-state index in [9.17, 15) is 4.79 Å². The molecule has 2 aromatic carbocycles. The molecule has 1 N–H and O–H groups in total. The summed E-state index contributed by atoms with van der Waals surface area (Å²) in [5.41, 5.74) is 3.98. The van der Waals surface area contributed by atoms with Crippen LogP contribution in [0, 0.1) is 19.7 Å². The third-order valence-corrected chi connectivity index (χ3v) is 7.24. The number of halogens is 1. The molecule has 0 saturated carbocycles. The number of hydrogen-bond acceptors (Lipinski definition) is 11. The lowest BCUT2D eigenvalue weighted by Crippen LogP contribution is -2.35. The predicted molar refractivity (Wildman–Crippen MR) is 145 cm³/mol. The number of nitrogens with zero attached hydrogens (tertiary/aromatic N) is 5. The van der Waals surface area contributed by atoms with E-state index in [1.807, 2.05) is 19.1 Å². The van der Waals surface area contributed by atoms with Crippen molar-refractivity contribution < 1.29 is 28.1 Å². The summed E-state index contributed by atoms with van der Waals surface area (Å²) >= 11 is 1.38. The number of fused-ring (bicyclic) bond motifs is 2. The Kier molecular flexibility index (Phi) is 6.82. The SMILES string of the molecule is COc1cnc2c(-c3nc4cc(F)c(O[C@@H]5COC[C@@H]5OC(=O)Nc5cnc(C)nc5)cc4s3)cc(C)cc2n1. The standard InChI is InChI=1S/C27H23FN6O5S/c1-13-4-16(25-19(5-13)33-24(36-3)10-31-25)26-34-18-6-17(28)20(7-23(18)40-26)38-21-11-37-12-22(21)39-27(35)32-15-8-29-14(2)30-9-15/h4-10,21-22H,11-12H2,1-3H3,(H,32,35)/t21-,22+/m1/s1. The second-order valence-electron chi connectivity index (χ2n) is 9.14. The Balaban J connectivity index is 1.23. The largest absolute Gasteiger partial charge is 0.481 e. The summed E-state index contributed by atoms with van der Waals surface area (Å²) in [6, 6.07) is 6.82. The maximum absolute atomic E-state index is 15.1. The Morgan fingerprint density at radius 2 is 1.82 bits per heavy atom. The smallest absolute Gasteiger partial charge is 0.412 e. The average Bonchev–Trinajstić information content (AvgIpc) is 3.55. The molecule has 0 spiro atoms. The summed E-state index contributed by atoms with van der Waals surface area (Å²) in [5, 5.41) is 3.23. The quantitative estimate of drug-likeness (QED) is 0.306. The molecule has 0 aliphatic carbocycles. The molecule has 204 valence electrons. The van der Waals surface area contributed by atoms with Gasteiger partial charge in [0.2, 0.25) is 5.88 Å². The van der Waals surface area contributed by atoms with Gasteiger partial charge in [0.15, 0.2) is 23.8 Å². The van der Waals surface area contributed by atoms with Crippen molar-refractivity contribution in [1.29, 1.82) is 0 Å². The van der Waals surface area contributed by atoms with Crippen LogP contribution in [0.3, 0.4) is 0 Å². The second-order valence-corrected chi connectivity index (χ2v) is 10.2. The molecule has 1 amide bonds. The van der Waals surface area contributed by atoms with Gasteiger partial charge < -0.3 is 18.9 Å².